The summed E-state index contributed by atoms with van der Waals surface area (Å²) in [5, 5.41) is 2.86. The first-order valence-electron chi connectivity index (χ1n) is 7.27. The summed E-state index contributed by atoms with van der Waals surface area (Å²) in [6.07, 6.45) is 0. The molecule has 3 N–H and O–H groups in total. The molecule has 4 nitrogen and oxygen atoms in total. The van der Waals surface area contributed by atoms with Gasteiger partial charge in [0.15, 0.2) is 0 Å². The highest BCUT2D eigenvalue weighted by Crippen LogP contribution is 2.20. The predicted molar refractivity (Wildman–Crippen MR) is 96.4 cm³/mol. The number of nitrogens with two attached hydrogens (primary N) is 1. The van der Waals surface area contributed by atoms with Crippen molar-refractivity contribution >= 4 is 24.0 Å². The van der Waals surface area contributed by atoms with Crippen molar-refractivity contribution < 1.29 is 9.53 Å². The van der Waals surface area contributed by atoms with E-state index in [-0.39, 0.29) is 23.9 Å². The largest absolute Gasteiger partial charge is 0.488 e. The Morgan fingerprint density at radius 3 is 2.09 bits per heavy atom. The van der Waals surface area contributed by atoms with Gasteiger partial charge in [0.2, 0.25) is 0 Å². The third-order valence-corrected chi connectivity index (χ3v) is 2.99. The number of rotatable bonds is 4. The molecule has 0 radical (unpaired) electrons. The van der Waals surface area contributed by atoms with Crippen LogP contribution >= 0.6 is 12.4 Å². The van der Waals surface area contributed by atoms with Gasteiger partial charge in [-0.15, -0.1) is 12.4 Å². The van der Waals surface area contributed by atoms with Gasteiger partial charge in [0.05, 0.1) is 0 Å². The van der Waals surface area contributed by atoms with Crippen molar-refractivity contribution in [2.45, 2.75) is 32.9 Å². The lowest BCUT2D eigenvalue weighted by atomic mass is 10.1. The summed E-state index contributed by atoms with van der Waals surface area (Å²) in [6, 6.07) is 14.6. The first kappa shape index (κ1) is 19.0. The van der Waals surface area contributed by atoms with Crippen molar-refractivity contribution in [2.24, 2.45) is 5.73 Å². The van der Waals surface area contributed by atoms with Gasteiger partial charge in [-0.05, 0) is 62.7 Å². The number of carbonyl (C=O) groups is 1. The lowest BCUT2D eigenvalue weighted by Gasteiger charge is -2.21. The fourth-order valence-corrected chi connectivity index (χ4v) is 1.96. The van der Waals surface area contributed by atoms with E-state index in [9.17, 15) is 4.79 Å². The van der Waals surface area contributed by atoms with Crippen molar-refractivity contribution in [1.29, 1.82) is 0 Å². The van der Waals surface area contributed by atoms with E-state index in [2.05, 4.69) is 5.32 Å². The smallest absolute Gasteiger partial charge is 0.255 e. The van der Waals surface area contributed by atoms with Crippen LogP contribution < -0.4 is 15.8 Å². The maximum atomic E-state index is 12.2. The summed E-state index contributed by atoms with van der Waals surface area (Å²) in [5.41, 5.74) is 7.64. The van der Waals surface area contributed by atoms with Crippen LogP contribution in [0.2, 0.25) is 0 Å². The van der Waals surface area contributed by atoms with E-state index in [0.29, 0.717) is 12.1 Å². The molecule has 0 bridgehead atoms. The molecule has 1 amide bonds. The number of amides is 1. The summed E-state index contributed by atoms with van der Waals surface area (Å²) in [4.78, 5) is 12.2. The quantitative estimate of drug-likeness (QED) is 0.888. The van der Waals surface area contributed by atoms with Crippen LogP contribution in [-0.4, -0.2) is 11.5 Å². The van der Waals surface area contributed by atoms with Crippen LogP contribution in [-0.2, 0) is 6.54 Å². The molecule has 0 saturated carbocycles. The minimum atomic E-state index is -0.241. The molecule has 0 unspecified atom stereocenters. The second-order valence-electron chi connectivity index (χ2n) is 6.09. The van der Waals surface area contributed by atoms with E-state index >= 15 is 0 Å². The first-order chi connectivity index (χ1) is 10.4. The summed E-state index contributed by atoms with van der Waals surface area (Å²) >= 11 is 0. The molecule has 0 aliphatic heterocycles. The van der Waals surface area contributed by atoms with Gasteiger partial charge in [-0.2, -0.15) is 0 Å². The lowest BCUT2D eigenvalue weighted by Crippen LogP contribution is -2.22. The van der Waals surface area contributed by atoms with Crippen LogP contribution in [0.15, 0.2) is 48.5 Å². The second-order valence-corrected chi connectivity index (χ2v) is 6.09. The van der Waals surface area contributed by atoms with Gasteiger partial charge in [-0.3, -0.25) is 4.79 Å². The van der Waals surface area contributed by atoms with E-state index in [1.807, 2.05) is 57.2 Å². The number of hydrogen-bond donors (Lipinski definition) is 2. The number of benzene rings is 2. The average Bonchev–Trinajstić information content (AvgIpc) is 2.48. The summed E-state index contributed by atoms with van der Waals surface area (Å²) in [6.45, 7) is 6.45. The average molecular weight is 335 g/mol. The van der Waals surface area contributed by atoms with Gasteiger partial charge >= 0.3 is 0 Å². The molecular weight excluding hydrogens is 312 g/mol. The monoisotopic (exact) mass is 334 g/mol. The molecule has 0 aromatic heterocycles. The molecule has 0 saturated heterocycles. The predicted octanol–water partition coefficient (Wildman–Crippen LogP) is 4.00. The van der Waals surface area contributed by atoms with E-state index in [1.165, 1.54) is 0 Å². The maximum absolute atomic E-state index is 12.2. The first-order valence-corrected chi connectivity index (χ1v) is 7.27. The zero-order valence-electron chi connectivity index (χ0n) is 13.6. The number of hydrogen-bond acceptors (Lipinski definition) is 3. The highest BCUT2D eigenvalue weighted by atomic mass is 35.5. The molecule has 5 heteroatoms. The van der Waals surface area contributed by atoms with Gasteiger partial charge < -0.3 is 15.8 Å². The molecule has 0 aliphatic carbocycles. The van der Waals surface area contributed by atoms with Crippen LogP contribution in [0.4, 0.5) is 5.69 Å². The Kier molecular flexibility index (Phi) is 6.61. The molecule has 0 spiro atoms. The van der Waals surface area contributed by atoms with Crippen molar-refractivity contribution in [3.05, 3.63) is 59.7 Å². The Morgan fingerprint density at radius 2 is 1.61 bits per heavy atom. The van der Waals surface area contributed by atoms with Gasteiger partial charge in [0, 0.05) is 17.8 Å². The SMILES string of the molecule is CC(C)(C)Oc1ccc(NC(=O)c2ccc(CN)cc2)cc1.Cl. The number of carbonyl (C=O) groups excluding carboxylic acids is 1. The van der Waals surface area contributed by atoms with Crippen LogP contribution in [0.1, 0.15) is 36.7 Å². The van der Waals surface area contributed by atoms with Gasteiger partial charge in [0.1, 0.15) is 11.4 Å². The fourth-order valence-electron chi connectivity index (χ4n) is 1.96. The van der Waals surface area contributed by atoms with Crippen molar-refractivity contribution in [3.63, 3.8) is 0 Å². The Bertz CT molecular complexity index is 632. The van der Waals surface area contributed by atoms with Crippen LogP contribution in [0.3, 0.4) is 0 Å². The van der Waals surface area contributed by atoms with Crippen LogP contribution in [0, 0.1) is 0 Å². The molecule has 0 fully saturated rings. The Labute approximate surface area is 143 Å². The highest BCUT2D eigenvalue weighted by Gasteiger charge is 2.12. The molecule has 2 aromatic carbocycles. The Balaban J connectivity index is 0.00000264. The standard InChI is InChI=1S/C18H22N2O2.ClH/c1-18(2,3)22-16-10-8-15(9-11-16)20-17(21)14-6-4-13(12-19)5-7-14;/h4-11H,12,19H2,1-3H3,(H,20,21);1H. The third-order valence-electron chi connectivity index (χ3n) is 2.99. The second kappa shape index (κ2) is 7.99. The molecule has 0 atom stereocenters. The molecular formula is C18H23ClN2O2. The zero-order chi connectivity index (χ0) is 16.2. The lowest BCUT2D eigenvalue weighted by molar-refractivity contribution is 0.102. The van der Waals surface area contributed by atoms with E-state index < -0.39 is 0 Å². The van der Waals surface area contributed by atoms with E-state index in [4.69, 9.17) is 10.5 Å². The van der Waals surface area contributed by atoms with Gasteiger partial charge in [0.25, 0.3) is 5.91 Å². The number of ether oxygens (including phenoxy) is 1. The Morgan fingerprint density at radius 1 is 1.04 bits per heavy atom. The highest BCUT2D eigenvalue weighted by molar-refractivity contribution is 6.04. The molecule has 124 valence electrons. The summed E-state index contributed by atoms with van der Waals surface area (Å²) < 4.78 is 5.75. The number of halogens is 1. The topological polar surface area (TPSA) is 64.3 Å². The summed E-state index contributed by atoms with van der Waals surface area (Å²) in [7, 11) is 0. The van der Waals surface area contributed by atoms with Crippen molar-refractivity contribution in [1.82, 2.24) is 0 Å². The van der Waals surface area contributed by atoms with Crippen molar-refractivity contribution in [3.8, 4) is 5.75 Å². The fraction of sp³-hybridized carbons (Fsp3) is 0.278. The normalized spacial score (nSPS) is 10.6. The zero-order valence-corrected chi connectivity index (χ0v) is 14.4. The molecule has 0 heterocycles. The van der Waals surface area contributed by atoms with Crippen molar-refractivity contribution in [2.75, 3.05) is 5.32 Å². The van der Waals surface area contributed by atoms with E-state index in [0.717, 1.165) is 17.0 Å². The van der Waals surface area contributed by atoms with Gasteiger partial charge in [-0.1, -0.05) is 12.1 Å². The van der Waals surface area contributed by atoms with E-state index in [1.54, 1.807) is 12.1 Å². The molecule has 2 rings (SSSR count). The number of anilines is 1. The molecule has 0 aliphatic rings. The minimum absolute atomic E-state index is 0. The Hall–Kier alpha value is -2.04. The maximum Gasteiger partial charge on any atom is 0.255 e. The van der Waals surface area contributed by atoms with Gasteiger partial charge in [-0.25, -0.2) is 0 Å². The third kappa shape index (κ3) is 5.93. The van der Waals surface area contributed by atoms with Crippen LogP contribution in [0.25, 0.3) is 0 Å². The summed E-state index contributed by atoms with van der Waals surface area (Å²) in [5.74, 6) is 0.630. The molecule has 23 heavy (non-hydrogen) atoms. The number of nitrogens with one attached hydrogen (secondary N) is 1. The molecule has 2 aromatic rings. The minimum Gasteiger partial charge on any atom is -0.488 e. The van der Waals surface area contributed by atoms with Crippen LogP contribution in [0.5, 0.6) is 5.75 Å².